The van der Waals surface area contributed by atoms with Crippen LogP contribution in [0.25, 0.3) is 89.4 Å². The van der Waals surface area contributed by atoms with Crippen molar-refractivity contribution in [3.63, 3.8) is 0 Å². The normalized spacial score (nSPS) is 11.6. The molecule has 6 aromatic carbocycles. The molecule has 6 heteroatoms. The van der Waals surface area contributed by atoms with Crippen LogP contribution in [-0.2, 0) is 0 Å². The molecular formula is C38H22N4O2. The van der Waals surface area contributed by atoms with Crippen molar-refractivity contribution in [2.75, 3.05) is 0 Å². The molecular weight excluding hydrogens is 544 g/mol. The number of furan rings is 1. The Morgan fingerprint density at radius 1 is 0.386 bits per heavy atom. The van der Waals surface area contributed by atoms with Crippen LogP contribution < -0.4 is 0 Å². The molecule has 0 saturated carbocycles. The van der Waals surface area contributed by atoms with Gasteiger partial charge in [-0.3, -0.25) is 0 Å². The zero-order chi connectivity index (χ0) is 29.0. The van der Waals surface area contributed by atoms with E-state index in [0.717, 1.165) is 55.0 Å². The molecule has 0 fully saturated rings. The van der Waals surface area contributed by atoms with E-state index in [1.165, 1.54) is 0 Å². The van der Waals surface area contributed by atoms with Crippen LogP contribution in [-0.4, -0.2) is 19.9 Å². The molecule has 6 nitrogen and oxygen atoms in total. The third-order valence-electron chi connectivity index (χ3n) is 7.96. The van der Waals surface area contributed by atoms with Gasteiger partial charge in [-0.05, 0) is 35.7 Å². The molecule has 0 saturated heterocycles. The number of hydrogen-bond donors (Lipinski definition) is 0. The van der Waals surface area contributed by atoms with Crippen LogP contribution in [0.3, 0.4) is 0 Å². The van der Waals surface area contributed by atoms with Gasteiger partial charge >= 0.3 is 0 Å². The summed E-state index contributed by atoms with van der Waals surface area (Å²) < 4.78 is 12.8. The highest BCUT2D eigenvalue weighted by Crippen LogP contribution is 2.38. The maximum Gasteiger partial charge on any atom is 0.227 e. The topological polar surface area (TPSA) is 77.8 Å². The summed E-state index contributed by atoms with van der Waals surface area (Å²) in [7, 11) is 0. The van der Waals surface area contributed by atoms with Gasteiger partial charge in [-0.15, -0.1) is 0 Å². The molecule has 0 amide bonds. The maximum atomic E-state index is 6.48. The average Bonchev–Trinajstić information content (AvgIpc) is 3.71. The third kappa shape index (κ3) is 3.96. The standard InChI is InChI=1S/C38H22N4O2/c1-3-11-24(12-4-1)35-40-36(25-13-5-2-6-14-25)42-37(41-35)26-15-9-16-27(22-26)38-39-32-31(43-38)21-20-30-29-19-18-23-10-7-8-17-28(23)33(29)44-34(30)32/h1-22H. The summed E-state index contributed by atoms with van der Waals surface area (Å²) in [6.07, 6.45) is 0. The van der Waals surface area contributed by atoms with Gasteiger partial charge in [-0.25, -0.2) is 19.9 Å². The molecule has 0 spiro atoms. The Balaban J connectivity index is 1.18. The van der Waals surface area contributed by atoms with Crippen molar-refractivity contribution in [3.05, 3.63) is 133 Å². The third-order valence-corrected chi connectivity index (χ3v) is 7.96. The zero-order valence-corrected chi connectivity index (χ0v) is 23.3. The van der Waals surface area contributed by atoms with Crippen molar-refractivity contribution in [1.29, 1.82) is 0 Å². The van der Waals surface area contributed by atoms with E-state index in [0.29, 0.717) is 34.5 Å². The van der Waals surface area contributed by atoms with Crippen molar-refractivity contribution in [3.8, 4) is 45.6 Å². The average molecular weight is 567 g/mol. The number of oxazole rings is 1. The Bertz CT molecular complexity index is 2440. The minimum absolute atomic E-state index is 0.500. The lowest BCUT2D eigenvalue weighted by atomic mass is 10.1. The van der Waals surface area contributed by atoms with Crippen molar-refractivity contribution < 1.29 is 8.83 Å². The second-order valence-corrected chi connectivity index (χ2v) is 10.7. The molecule has 0 aliphatic carbocycles. The van der Waals surface area contributed by atoms with Crippen LogP contribution in [0.1, 0.15) is 0 Å². The van der Waals surface area contributed by atoms with Gasteiger partial charge in [-0.1, -0.05) is 103 Å². The van der Waals surface area contributed by atoms with Gasteiger partial charge in [0.15, 0.2) is 34.2 Å². The number of hydrogen-bond acceptors (Lipinski definition) is 6. The summed E-state index contributed by atoms with van der Waals surface area (Å²) in [4.78, 5) is 19.5. The summed E-state index contributed by atoms with van der Waals surface area (Å²) in [6.45, 7) is 0. The second-order valence-electron chi connectivity index (χ2n) is 10.7. The van der Waals surface area contributed by atoms with Crippen molar-refractivity contribution in [1.82, 2.24) is 19.9 Å². The minimum Gasteiger partial charge on any atom is -0.453 e. The zero-order valence-electron chi connectivity index (χ0n) is 23.3. The predicted molar refractivity (Wildman–Crippen MR) is 174 cm³/mol. The molecule has 9 rings (SSSR count). The van der Waals surface area contributed by atoms with Gasteiger partial charge in [0.25, 0.3) is 0 Å². The lowest BCUT2D eigenvalue weighted by Gasteiger charge is -2.08. The van der Waals surface area contributed by atoms with Gasteiger partial charge in [-0.2, -0.15) is 0 Å². The number of aromatic nitrogens is 4. The molecule has 3 heterocycles. The van der Waals surface area contributed by atoms with Crippen LogP contribution in [0.15, 0.2) is 142 Å². The first-order valence-corrected chi connectivity index (χ1v) is 14.4. The van der Waals surface area contributed by atoms with Crippen LogP contribution in [0.4, 0.5) is 0 Å². The molecule has 0 unspecified atom stereocenters. The molecule has 3 aromatic heterocycles. The summed E-state index contributed by atoms with van der Waals surface area (Å²) in [5.41, 5.74) is 6.43. The van der Waals surface area contributed by atoms with Crippen LogP contribution in [0, 0.1) is 0 Å². The maximum absolute atomic E-state index is 6.48. The van der Waals surface area contributed by atoms with E-state index in [-0.39, 0.29) is 0 Å². The summed E-state index contributed by atoms with van der Waals surface area (Å²) in [5.74, 6) is 2.30. The second kappa shape index (κ2) is 9.71. The summed E-state index contributed by atoms with van der Waals surface area (Å²) >= 11 is 0. The Kier molecular flexibility index (Phi) is 5.40. The molecule has 44 heavy (non-hydrogen) atoms. The fraction of sp³-hybridized carbons (Fsp3) is 0. The van der Waals surface area contributed by atoms with Crippen molar-refractivity contribution in [2.45, 2.75) is 0 Å². The van der Waals surface area contributed by atoms with Gasteiger partial charge in [0.05, 0.1) is 0 Å². The smallest absolute Gasteiger partial charge is 0.227 e. The molecule has 9 aromatic rings. The molecule has 0 bridgehead atoms. The minimum atomic E-state index is 0.500. The number of benzene rings is 6. The largest absolute Gasteiger partial charge is 0.453 e. The number of nitrogens with zero attached hydrogens (tertiary/aromatic N) is 4. The van der Waals surface area contributed by atoms with E-state index in [1.807, 2.05) is 109 Å². The highest BCUT2D eigenvalue weighted by molar-refractivity contribution is 6.19. The summed E-state index contributed by atoms with van der Waals surface area (Å²) in [5, 5.41) is 4.29. The Labute approximate surface area is 251 Å². The molecule has 0 N–H and O–H groups in total. The van der Waals surface area contributed by atoms with E-state index in [2.05, 4.69) is 24.3 Å². The van der Waals surface area contributed by atoms with E-state index >= 15 is 0 Å². The first-order chi connectivity index (χ1) is 21.8. The first kappa shape index (κ1) is 24.5. The highest BCUT2D eigenvalue weighted by Gasteiger charge is 2.18. The van der Waals surface area contributed by atoms with Gasteiger partial charge in [0, 0.05) is 38.4 Å². The van der Waals surface area contributed by atoms with E-state index < -0.39 is 0 Å². The van der Waals surface area contributed by atoms with Crippen molar-refractivity contribution >= 4 is 43.8 Å². The molecule has 0 radical (unpaired) electrons. The Morgan fingerprint density at radius 2 is 0.977 bits per heavy atom. The Morgan fingerprint density at radius 3 is 1.73 bits per heavy atom. The fourth-order valence-corrected chi connectivity index (χ4v) is 5.80. The van der Waals surface area contributed by atoms with Crippen molar-refractivity contribution in [2.24, 2.45) is 0 Å². The van der Waals surface area contributed by atoms with Crippen LogP contribution in [0.2, 0.25) is 0 Å². The highest BCUT2D eigenvalue weighted by atomic mass is 16.4. The van der Waals surface area contributed by atoms with Crippen LogP contribution >= 0.6 is 0 Å². The van der Waals surface area contributed by atoms with Gasteiger partial charge in [0.2, 0.25) is 5.89 Å². The van der Waals surface area contributed by atoms with Gasteiger partial charge in [0.1, 0.15) is 5.58 Å². The van der Waals surface area contributed by atoms with E-state index in [4.69, 9.17) is 28.8 Å². The predicted octanol–water partition coefficient (Wildman–Crippen LogP) is 9.73. The van der Waals surface area contributed by atoms with E-state index in [9.17, 15) is 0 Å². The fourth-order valence-electron chi connectivity index (χ4n) is 5.80. The molecule has 0 aliphatic heterocycles. The number of fused-ring (bicyclic) bond motifs is 7. The Hall–Kier alpha value is -6.14. The van der Waals surface area contributed by atoms with Gasteiger partial charge < -0.3 is 8.83 Å². The molecule has 0 atom stereocenters. The van der Waals surface area contributed by atoms with Crippen LogP contribution in [0.5, 0.6) is 0 Å². The first-order valence-electron chi connectivity index (χ1n) is 14.4. The summed E-state index contributed by atoms with van der Waals surface area (Å²) in [6, 6.07) is 44.4. The lowest BCUT2D eigenvalue weighted by molar-refractivity contribution is 0.620. The lowest BCUT2D eigenvalue weighted by Crippen LogP contribution is -2.00. The SMILES string of the molecule is c1ccc(-c2nc(-c3ccccc3)nc(-c3cccc(-c4nc5c(ccc6c7ccc8ccccc8c7oc65)o4)c3)n2)cc1. The monoisotopic (exact) mass is 566 g/mol. The van der Waals surface area contributed by atoms with E-state index in [1.54, 1.807) is 0 Å². The molecule has 206 valence electrons. The quantitative estimate of drug-likeness (QED) is 0.211. The molecule has 0 aliphatic rings. The number of rotatable bonds is 4.